The normalized spacial score (nSPS) is 18.8. The molecule has 1 heterocycles. The molecule has 1 saturated heterocycles. The number of piperidine rings is 1. The van der Waals surface area contributed by atoms with Crippen molar-refractivity contribution in [3.05, 3.63) is 29.8 Å². The molecule has 2 unspecified atom stereocenters. The van der Waals surface area contributed by atoms with Crippen molar-refractivity contribution in [2.45, 2.75) is 45.1 Å². The summed E-state index contributed by atoms with van der Waals surface area (Å²) < 4.78 is 5.17. The smallest absolute Gasteiger partial charge is 0.223 e. The zero-order chi connectivity index (χ0) is 16.1. The van der Waals surface area contributed by atoms with Crippen LogP contribution >= 0.6 is 0 Å². The van der Waals surface area contributed by atoms with E-state index < -0.39 is 0 Å². The van der Waals surface area contributed by atoms with Crippen molar-refractivity contribution < 1.29 is 9.53 Å². The highest BCUT2D eigenvalue weighted by Gasteiger charge is 2.25. The summed E-state index contributed by atoms with van der Waals surface area (Å²) in [5, 5.41) is 0. The molecule has 1 aliphatic heterocycles. The van der Waals surface area contributed by atoms with Crippen LogP contribution in [0.2, 0.25) is 0 Å². The number of amides is 1. The second-order valence-corrected chi connectivity index (χ2v) is 6.46. The van der Waals surface area contributed by atoms with Gasteiger partial charge in [-0.3, -0.25) is 4.79 Å². The number of hydrogen-bond donors (Lipinski definition) is 1. The molecule has 0 aromatic heterocycles. The summed E-state index contributed by atoms with van der Waals surface area (Å²) >= 11 is 0. The Morgan fingerprint density at radius 3 is 2.36 bits per heavy atom. The molecule has 0 spiro atoms. The number of nitrogens with zero attached hydrogens (tertiary/aromatic N) is 1. The Labute approximate surface area is 133 Å². The summed E-state index contributed by atoms with van der Waals surface area (Å²) in [7, 11) is 1.66. The first-order valence-electron chi connectivity index (χ1n) is 8.18. The van der Waals surface area contributed by atoms with Crippen LogP contribution in [-0.2, 0) is 4.79 Å². The minimum absolute atomic E-state index is 0.226. The first kappa shape index (κ1) is 16.8. The molecule has 1 amide bonds. The van der Waals surface area contributed by atoms with E-state index in [1.807, 2.05) is 29.2 Å². The van der Waals surface area contributed by atoms with Crippen LogP contribution in [0.4, 0.5) is 0 Å². The predicted molar refractivity (Wildman–Crippen MR) is 89.0 cm³/mol. The first-order chi connectivity index (χ1) is 10.5. The molecular weight excluding hydrogens is 276 g/mol. The number of methoxy groups -OCH3 is 1. The SMILES string of the molecule is COc1ccc(C(C)CC(=O)N2CCC(C(C)N)CC2)cc1. The lowest BCUT2D eigenvalue weighted by Crippen LogP contribution is -2.42. The Morgan fingerprint density at radius 1 is 1.27 bits per heavy atom. The lowest BCUT2D eigenvalue weighted by molar-refractivity contribution is -0.133. The third kappa shape index (κ3) is 4.23. The maximum absolute atomic E-state index is 12.5. The monoisotopic (exact) mass is 304 g/mol. The van der Waals surface area contributed by atoms with E-state index in [1.54, 1.807) is 7.11 Å². The van der Waals surface area contributed by atoms with E-state index in [-0.39, 0.29) is 17.9 Å². The Kier molecular flexibility index (Phi) is 5.83. The van der Waals surface area contributed by atoms with E-state index in [0.29, 0.717) is 12.3 Å². The molecule has 0 aliphatic carbocycles. The van der Waals surface area contributed by atoms with Crippen LogP contribution in [0.15, 0.2) is 24.3 Å². The summed E-state index contributed by atoms with van der Waals surface area (Å²) in [6, 6.07) is 8.21. The van der Waals surface area contributed by atoms with Crippen LogP contribution in [-0.4, -0.2) is 37.0 Å². The average molecular weight is 304 g/mol. The van der Waals surface area contributed by atoms with Crippen LogP contribution in [0.3, 0.4) is 0 Å². The van der Waals surface area contributed by atoms with Gasteiger partial charge in [-0.15, -0.1) is 0 Å². The zero-order valence-corrected chi connectivity index (χ0v) is 13.9. The highest BCUT2D eigenvalue weighted by molar-refractivity contribution is 5.77. The molecule has 0 radical (unpaired) electrons. The van der Waals surface area contributed by atoms with Gasteiger partial charge in [0, 0.05) is 25.6 Å². The predicted octanol–water partition coefficient (Wildman–Crippen LogP) is 2.77. The van der Waals surface area contributed by atoms with E-state index >= 15 is 0 Å². The summed E-state index contributed by atoms with van der Waals surface area (Å²) in [5.41, 5.74) is 7.14. The molecule has 22 heavy (non-hydrogen) atoms. The quantitative estimate of drug-likeness (QED) is 0.910. The average Bonchev–Trinajstić information content (AvgIpc) is 2.54. The largest absolute Gasteiger partial charge is 0.497 e. The van der Waals surface area contributed by atoms with Crippen molar-refractivity contribution in [2.24, 2.45) is 11.7 Å². The lowest BCUT2D eigenvalue weighted by atomic mass is 9.90. The number of carbonyl (C=O) groups is 1. The van der Waals surface area contributed by atoms with Gasteiger partial charge in [0.15, 0.2) is 0 Å². The topological polar surface area (TPSA) is 55.6 Å². The summed E-state index contributed by atoms with van der Waals surface area (Å²) in [5.74, 6) is 1.89. The maximum Gasteiger partial charge on any atom is 0.223 e. The minimum Gasteiger partial charge on any atom is -0.497 e. The molecule has 122 valence electrons. The van der Waals surface area contributed by atoms with Crippen LogP contribution in [0.1, 0.15) is 44.6 Å². The first-order valence-corrected chi connectivity index (χ1v) is 8.18. The molecule has 2 N–H and O–H groups in total. The van der Waals surface area contributed by atoms with Crippen molar-refractivity contribution >= 4 is 5.91 Å². The van der Waals surface area contributed by atoms with Gasteiger partial charge in [0.1, 0.15) is 5.75 Å². The molecule has 0 saturated carbocycles. The van der Waals surface area contributed by atoms with Gasteiger partial charge >= 0.3 is 0 Å². The Hall–Kier alpha value is -1.55. The highest BCUT2D eigenvalue weighted by atomic mass is 16.5. The van der Waals surface area contributed by atoms with Crippen LogP contribution in [0, 0.1) is 5.92 Å². The molecule has 1 aromatic rings. The number of ether oxygens (including phenoxy) is 1. The number of benzene rings is 1. The van der Waals surface area contributed by atoms with Gasteiger partial charge in [-0.25, -0.2) is 0 Å². The molecule has 2 rings (SSSR count). The van der Waals surface area contributed by atoms with E-state index in [9.17, 15) is 4.79 Å². The van der Waals surface area contributed by atoms with Crippen molar-refractivity contribution in [3.63, 3.8) is 0 Å². The second-order valence-electron chi connectivity index (χ2n) is 6.46. The molecule has 2 atom stereocenters. The van der Waals surface area contributed by atoms with Crippen molar-refractivity contribution in [1.29, 1.82) is 0 Å². The van der Waals surface area contributed by atoms with Crippen LogP contribution < -0.4 is 10.5 Å². The minimum atomic E-state index is 0.226. The number of carbonyl (C=O) groups excluding carboxylic acids is 1. The van der Waals surface area contributed by atoms with Crippen molar-refractivity contribution in [1.82, 2.24) is 4.90 Å². The molecule has 1 aromatic carbocycles. The standard InChI is InChI=1S/C18H28N2O2/c1-13(15-4-6-17(22-3)7-5-15)12-18(21)20-10-8-16(9-11-20)14(2)19/h4-7,13-14,16H,8-12,19H2,1-3H3. The maximum atomic E-state index is 12.5. The zero-order valence-electron chi connectivity index (χ0n) is 13.9. The van der Waals surface area contributed by atoms with E-state index in [2.05, 4.69) is 13.8 Å². The fourth-order valence-corrected chi connectivity index (χ4v) is 3.12. The summed E-state index contributed by atoms with van der Waals surface area (Å²) in [4.78, 5) is 14.5. The molecule has 4 nitrogen and oxygen atoms in total. The molecule has 4 heteroatoms. The van der Waals surface area contributed by atoms with Gasteiger partial charge in [0.25, 0.3) is 0 Å². The lowest BCUT2D eigenvalue weighted by Gasteiger charge is -2.34. The summed E-state index contributed by atoms with van der Waals surface area (Å²) in [6.07, 6.45) is 2.62. The fourth-order valence-electron chi connectivity index (χ4n) is 3.12. The molecule has 1 fully saturated rings. The van der Waals surface area contributed by atoms with Crippen molar-refractivity contribution in [2.75, 3.05) is 20.2 Å². The van der Waals surface area contributed by atoms with E-state index in [1.165, 1.54) is 5.56 Å². The van der Waals surface area contributed by atoms with E-state index in [0.717, 1.165) is 31.7 Å². The Bertz CT molecular complexity index is 476. The molecule has 1 aliphatic rings. The second kappa shape index (κ2) is 7.63. The van der Waals surface area contributed by atoms with Gasteiger partial charge in [-0.2, -0.15) is 0 Å². The third-order valence-electron chi connectivity index (χ3n) is 4.80. The molecular formula is C18H28N2O2. The third-order valence-corrected chi connectivity index (χ3v) is 4.80. The van der Waals surface area contributed by atoms with Gasteiger partial charge in [0.05, 0.1) is 7.11 Å². The van der Waals surface area contributed by atoms with Crippen LogP contribution in [0.5, 0.6) is 5.75 Å². The molecule has 0 bridgehead atoms. The Morgan fingerprint density at radius 2 is 1.86 bits per heavy atom. The number of rotatable bonds is 5. The fraction of sp³-hybridized carbons (Fsp3) is 0.611. The number of hydrogen-bond acceptors (Lipinski definition) is 3. The summed E-state index contributed by atoms with van der Waals surface area (Å²) in [6.45, 7) is 5.86. The number of likely N-dealkylation sites (tertiary alicyclic amines) is 1. The van der Waals surface area contributed by atoms with Crippen LogP contribution in [0.25, 0.3) is 0 Å². The van der Waals surface area contributed by atoms with Gasteiger partial charge in [-0.1, -0.05) is 19.1 Å². The van der Waals surface area contributed by atoms with Gasteiger partial charge < -0.3 is 15.4 Å². The number of nitrogens with two attached hydrogens (primary N) is 1. The van der Waals surface area contributed by atoms with Gasteiger partial charge in [-0.05, 0) is 49.3 Å². The highest BCUT2D eigenvalue weighted by Crippen LogP contribution is 2.25. The van der Waals surface area contributed by atoms with Crippen molar-refractivity contribution in [3.8, 4) is 5.75 Å². The van der Waals surface area contributed by atoms with Gasteiger partial charge in [0.2, 0.25) is 5.91 Å². The Balaban J connectivity index is 1.86. The van der Waals surface area contributed by atoms with E-state index in [4.69, 9.17) is 10.5 Å².